The van der Waals surface area contributed by atoms with Gasteiger partial charge in [-0.3, -0.25) is 4.79 Å². The molecule has 0 spiro atoms. The smallest absolute Gasteiger partial charge is 0.306 e. The van der Waals surface area contributed by atoms with E-state index in [1.165, 1.54) is 6.42 Å². The fourth-order valence-electron chi connectivity index (χ4n) is 2.51. The van der Waals surface area contributed by atoms with E-state index in [2.05, 4.69) is 18.9 Å². The van der Waals surface area contributed by atoms with Crippen LogP contribution in [0.2, 0.25) is 0 Å². The van der Waals surface area contributed by atoms with Gasteiger partial charge in [0.1, 0.15) is 0 Å². The predicted octanol–water partition coefficient (Wildman–Crippen LogP) is 2.22. The van der Waals surface area contributed by atoms with E-state index in [9.17, 15) is 4.79 Å². The summed E-state index contributed by atoms with van der Waals surface area (Å²) in [5.41, 5.74) is 0. The van der Waals surface area contributed by atoms with Crippen LogP contribution in [0.1, 0.15) is 39.0 Å². The van der Waals surface area contributed by atoms with Crippen LogP contribution in [0, 0.1) is 11.8 Å². The molecule has 0 amide bonds. The summed E-state index contributed by atoms with van der Waals surface area (Å²) in [5, 5.41) is 8.88. The standard InChI is InChI=1S/C12H23NO2/c1-3-8-13(2)9-10-4-6-11(7-5-10)12(14)15/h10-11H,3-9H2,1-2H3,(H,14,15). The van der Waals surface area contributed by atoms with Gasteiger partial charge in [-0.2, -0.15) is 0 Å². The molecule has 0 radical (unpaired) electrons. The van der Waals surface area contributed by atoms with Crippen molar-refractivity contribution in [2.45, 2.75) is 39.0 Å². The number of hydrogen-bond acceptors (Lipinski definition) is 2. The van der Waals surface area contributed by atoms with Gasteiger partial charge in [0.15, 0.2) is 0 Å². The molecule has 3 heteroatoms. The first-order valence-corrected chi connectivity index (χ1v) is 6.04. The molecule has 0 aromatic heterocycles. The van der Waals surface area contributed by atoms with E-state index < -0.39 is 5.97 Å². The van der Waals surface area contributed by atoms with Crippen molar-refractivity contribution in [3.8, 4) is 0 Å². The van der Waals surface area contributed by atoms with E-state index in [1.54, 1.807) is 0 Å². The molecule has 0 unspecified atom stereocenters. The maximum Gasteiger partial charge on any atom is 0.306 e. The van der Waals surface area contributed by atoms with Crippen LogP contribution in [0.5, 0.6) is 0 Å². The lowest BCUT2D eigenvalue weighted by atomic mass is 9.82. The van der Waals surface area contributed by atoms with E-state index >= 15 is 0 Å². The summed E-state index contributed by atoms with van der Waals surface area (Å²) >= 11 is 0. The van der Waals surface area contributed by atoms with Gasteiger partial charge in [-0.15, -0.1) is 0 Å². The molecule has 15 heavy (non-hydrogen) atoms. The molecule has 0 bridgehead atoms. The monoisotopic (exact) mass is 213 g/mol. The van der Waals surface area contributed by atoms with Crippen LogP contribution in [0.25, 0.3) is 0 Å². The quantitative estimate of drug-likeness (QED) is 0.761. The molecule has 0 aliphatic heterocycles. The Morgan fingerprint density at radius 1 is 1.33 bits per heavy atom. The Bertz CT molecular complexity index is 198. The highest BCUT2D eigenvalue weighted by Crippen LogP contribution is 2.29. The molecule has 0 aromatic rings. The lowest BCUT2D eigenvalue weighted by Gasteiger charge is -2.29. The van der Waals surface area contributed by atoms with Gasteiger partial charge in [0.2, 0.25) is 0 Å². The van der Waals surface area contributed by atoms with Crippen LogP contribution in [0.3, 0.4) is 0 Å². The van der Waals surface area contributed by atoms with E-state index in [0.29, 0.717) is 0 Å². The minimum absolute atomic E-state index is 0.0715. The first kappa shape index (κ1) is 12.5. The Kier molecular flexibility index (Phi) is 5.09. The summed E-state index contributed by atoms with van der Waals surface area (Å²) in [7, 11) is 2.16. The average molecular weight is 213 g/mol. The molecule has 0 saturated heterocycles. The van der Waals surface area contributed by atoms with E-state index in [0.717, 1.165) is 44.7 Å². The van der Waals surface area contributed by atoms with Crippen molar-refractivity contribution in [1.29, 1.82) is 0 Å². The third kappa shape index (κ3) is 4.20. The second-order valence-electron chi connectivity index (χ2n) is 4.82. The van der Waals surface area contributed by atoms with Crippen molar-refractivity contribution < 1.29 is 9.90 Å². The molecule has 88 valence electrons. The summed E-state index contributed by atoms with van der Waals surface area (Å²) in [6.45, 7) is 4.48. The maximum absolute atomic E-state index is 10.8. The summed E-state index contributed by atoms with van der Waals surface area (Å²) in [5.74, 6) is 0.0465. The molecule has 1 fully saturated rings. The van der Waals surface area contributed by atoms with Gasteiger partial charge in [0.25, 0.3) is 0 Å². The third-order valence-corrected chi connectivity index (χ3v) is 3.37. The fourth-order valence-corrected chi connectivity index (χ4v) is 2.51. The van der Waals surface area contributed by atoms with Crippen molar-refractivity contribution in [2.75, 3.05) is 20.1 Å². The van der Waals surface area contributed by atoms with Crippen LogP contribution in [-0.4, -0.2) is 36.1 Å². The lowest BCUT2D eigenvalue weighted by Crippen LogP contribution is -2.30. The Morgan fingerprint density at radius 2 is 1.93 bits per heavy atom. The first-order valence-electron chi connectivity index (χ1n) is 6.04. The van der Waals surface area contributed by atoms with Crippen LogP contribution >= 0.6 is 0 Å². The molecule has 3 nitrogen and oxygen atoms in total. The molecule has 0 heterocycles. The van der Waals surface area contributed by atoms with Crippen molar-refractivity contribution in [2.24, 2.45) is 11.8 Å². The molecule has 1 N–H and O–H groups in total. The number of rotatable bonds is 5. The first-order chi connectivity index (χ1) is 7.13. The third-order valence-electron chi connectivity index (χ3n) is 3.37. The topological polar surface area (TPSA) is 40.5 Å². The largest absolute Gasteiger partial charge is 0.481 e. The zero-order chi connectivity index (χ0) is 11.3. The van der Waals surface area contributed by atoms with Crippen molar-refractivity contribution in [1.82, 2.24) is 4.90 Å². The molecule has 0 atom stereocenters. The van der Waals surface area contributed by atoms with Gasteiger partial charge < -0.3 is 10.0 Å². The predicted molar refractivity (Wildman–Crippen MR) is 60.9 cm³/mol. The van der Waals surface area contributed by atoms with Crippen molar-refractivity contribution >= 4 is 5.97 Å². The van der Waals surface area contributed by atoms with E-state index in [-0.39, 0.29) is 5.92 Å². The molecule has 0 aromatic carbocycles. The highest BCUT2D eigenvalue weighted by molar-refractivity contribution is 5.69. The van der Waals surface area contributed by atoms with E-state index in [4.69, 9.17) is 5.11 Å². The number of nitrogens with zero attached hydrogens (tertiary/aromatic N) is 1. The number of carbonyl (C=O) groups is 1. The molecular weight excluding hydrogens is 190 g/mol. The zero-order valence-electron chi connectivity index (χ0n) is 9.91. The second kappa shape index (κ2) is 6.11. The summed E-state index contributed by atoms with van der Waals surface area (Å²) < 4.78 is 0. The minimum Gasteiger partial charge on any atom is -0.481 e. The summed E-state index contributed by atoms with van der Waals surface area (Å²) in [6.07, 6.45) is 5.12. The molecule has 1 aliphatic carbocycles. The maximum atomic E-state index is 10.8. The number of aliphatic carboxylic acids is 1. The molecule has 1 saturated carbocycles. The van der Waals surface area contributed by atoms with E-state index in [1.807, 2.05) is 0 Å². The number of carboxylic acids is 1. The lowest BCUT2D eigenvalue weighted by molar-refractivity contribution is -0.143. The molecule has 1 aliphatic rings. The van der Waals surface area contributed by atoms with Gasteiger partial charge in [-0.1, -0.05) is 6.92 Å². The average Bonchev–Trinajstić information content (AvgIpc) is 2.18. The highest BCUT2D eigenvalue weighted by atomic mass is 16.4. The second-order valence-corrected chi connectivity index (χ2v) is 4.82. The van der Waals surface area contributed by atoms with Crippen LogP contribution in [-0.2, 0) is 4.79 Å². The van der Waals surface area contributed by atoms with Gasteiger partial charge >= 0.3 is 5.97 Å². The highest BCUT2D eigenvalue weighted by Gasteiger charge is 2.26. The Balaban J connectivity index is 2.22. The van der Waals surface area contributed by atoms with Crippen molar-refractivity contribution in [3.63, 3.8) is 0 Å². The van der Waals surface area contributed by atoms with Gasteiger partial charge in [-0.25, -0.2) is 0 Å². The summed E-state index contributed by atoms with van der Waals surface area (Å²) in [4.78, 5) is 13.1. The van der Waals surface area contributed by atoms with Gasteiger partial charge in [0, 0.05) is 6.54 Å². The Labute approximate surface area is 92.5 Å². The van der Waals surface area contributed by atoms with Gasteiger partial charge in [-0.05, 0) is 51.6 Å². The van der Waals surface area contributed by atoms with Crippen molar-refractivity contribution in [3.05, 3.63) is 0 Å². The Hall–Kier alpha value is -0.570. The fraction of sp³-hybridized carbons (Fsp3) is 0.917. The summed E-state index contributed by atoms with van der Waals surface area (Å²) in [6, 6.07) is 0. The molecule has 1 rings (SSSR count). The number of hydrogen-bond donors (Lipinski definition) is 1. The number of carboxylic acid groups (broad SMARTS) is 1. The SMILES string of the molecule is CCCN(C)CC1CCC(C(=O)O)CC1. The van der Waals surface area contributed by atoms with Crippen LogP contribution in [0.15, 0.2) is 0 Å². The Morgan fingerprint density at radius 3 is 2.40 bits per heavy atom. The zero-order valence-corrected chi connectivity index (χ0v) is 9.91. The normalized spacial score (nSPS) is 26.9. The van der Waals surface area contributed by atoms with Crippen LogP contribution in [0.4, 0.5) is 0 Å². The molecular formula is C12H23NO2. The minimum atomic E-state index is -0.602. The van der Waals surface area contributed by atoms with Gasteiger partial charge in [0.05, 0.1) is 5.92 Å². The van der Waals surface area contributed by atoms with Crippen LogP contribution < -0.4 is 0 Å².